The molecule has 0 bridgehead atoms. The average Bonchev–Trinajstić information content (AvgIpc) is 2.94. The van der Waals surface area contributed by atoms with Crippen molar-refractivity contribution in [3.05, 3.63) is 20.8 Å². The van der Waals surface area contributed by atoms with Crippen LogP contribution in [0.1, 0.15) is 12.8 Å². The summed E-state index contributed by atoms with van der Waals surface area (Å²) in [7, 11) is 3.03. The van der Waals surface area contributed by atoms with E-state index in [1.54, 1.807) is 7.05 Å². The molecular formula is C13H19N5O3. The first kappa shape index (κ1) is 13.9. The number of fused-ring (bicyclic) bond motifs is 1. The maximum atomic E-state index is 12.0. The lowest BCUT2D eigenvalue weighted by Gasteiger charge is -2.21. The highest BCUT2D eigenvalue weighted by Gasteiger charge is 2.17. The Bertz CT molecular complexity index is 766. The topological polar surface area (TPSA) is 93.9 Å². The third kappa shape index (κ3) is 2.46. The molecule has 21 heavy (non-hydrogen) atoms. The average molecular weight is 293 g/mol. The molecule has 0 spiro atoms. The standard InChI is InChI=1S/C13H19N5O3/c1-17-10-9(11(19)18(2)13(17)20)15-12(16-10)21-7-8-4-3-5-14-6-8/h8,14H,3-7H2,1-2H3,(H,15,16). The molecule has 1 unspecified atom stereocenters. The van der Waals surface area contributed by atoms with E-state index in [4.69, 9.17) is 4.74 Å². The van der Waals surface area contributed by atoms with E-state index >= 15 is 0 Å². The number of nitrogens with zero attached hydrogens (tertiary/aromatic N) is 3. The summed E-state index contributed by atoms with van der Waals surface area (Å²) >= 11 is 0. The molecule has 2 N–H and O–H groups in total. The van der Waals surface area contributed by atoms with Gasteiger partial charge in [0.25, 0.3) is 11.6 Å². The van der Waals surface area contributed by atoms with Crippen LogP contribution >= 0.6 is 0 Å². The summed E-state index contributed by atoms with van der Waals surface area (Å²) in [6, 6.07) is 0.286. The first-order chi connectivity index (χ1) is 10.1. The van der Waals surface area contributed by atoms with Gasteiger partial charge in [0, 0.05) is 26.6 Å². The fraction of sp³-hybridized carbons (Fsp3) is 0.615. The van der Waals surface area contributed by atoms with Crippen LogP contribution in [-0.4, -0.2) is 38.8 Å². The number of nitrogens with one attached hydrogen (secondary N) is 2. The predicted octanol–water partition coefficient (Wildman–Crippen LogP) is -0.661. The molecule has 1 atom stereocenters. The third-order valence-corrected chi connectivity index (χ3v) is 3.93. The minimum absolute atomic E-state index is 0.286. The lowest BCUT2D eigenvalue weighted by Crippen LogP contribution is -2.36. The number of hydrogen-bond donors (Lipinski definition) is 2. The van der Waals surface area contributed by atoms with E-state index < -0.39 is 11.2 Å². The lowest BCUT2D eigenvalue weighted by molar-refractivity contribution is 0.207. The van der Waals surface area contributed by atoms with Crippen molar-refractivity contribution in [1.29, 1.82) is 0 Å². The molecule has 8 nitrogen and oxygen atoms in total. The van der Waals surface area contributed by atoms with Gasteiger partial charge in [0.2, 0.25) is 0 Å². The van der Waals surface area contributed by atoms with Gasteiger partial charge >= 0.3 is 5.69 Å². The Kier molecular flexibility index (Phi) is 3.54. The first-order valence-corrected chi connectivity index (χ1v) is 7.07. The molecule has 3 rings (SSSR count). The second kappa shape index (κ2) is 5.36. The highest BCUT2D eigenvalue weighted by atomic mass is 16.5. The Hall–Kier alpha value is -2.09. The maximum absolute atomic E-state index is 12.0. The fourth-order valence-corrected chi connectivity index (χ4v) is 2.64. The van der Waals surface area contributed by atoms with E-state index in [2.05, 4.69) is 15.3 Å². The molecule has 2 aromatic heterocycles. The van der Waals surface area contributed by atoms with Crippen LogP contribution in [0.25, 0.3) is 11.2 Å². The number of ether oxygens (including phenoxy) is 1. The van der Waals surface area contributed by atoms with Crippen molar-refractivity contribution in [3.63, 3.8) is 0 Å². The van der Waals surface area contributed by atoms with E-state index in [9.17, 15) is 9.59 Å². The van der Waals surface area contributed by atoms with Gasteiger partial charge in [-0.2, -0.15) is 4.98 Å². The van der Waals surface area contributed by atoms with Crippen molar-refractivity contribution in [1.82, 2.24) is 24.4 Å². The largest absolute Gasteiger partial charge is 0.464 e. The van der Waals surface area contributed by atoms with Gasteiger partial charge in [-0.3, -0.25) is 13.9 Å². The van der Waals surface area contributed by atoms with E-state index in [0.29, 0.717) is 18.2 Å². The SMILES string of the molecule is Cn1c(=O)c2[nH]c(OCC3CCCNC3)nc2n(C)c1=O. The molecule has 0 radical (unpaired) electrons. The number of hydrogen-bond acceptors (Lipinski definition) is 5. The van der Waals surface area contributed by atoms with Gasteiger partial charge in [-0.15, -0.1) is 0 Å². The lowest BCUT2D eigenvalue weighted by atomic mass is 10.0. The molecule has 0 amide bonds. The minimum atomic E-state index is -0.401. The molecule has 0 aliphatic carbocycles. The second-order valence-corrected chi connectivity index (χ2v) is 5.47. The number of aromatic amines is 1. The Morgan fingerprint density at radius 1 is 1.33 bits per heavy atom. The normalized spacial score (nSPS) is 19.0. The van der Waals surface area contributed by atoms with Gasteiger partial charge in [-0.25, -0.2) is 4.79 Å². The summed E-state index contributed by atoms with van der Waals surface area (Å²) in [6.07, 6.45) is 2.26. The number of rotatable bonds is 3. The molecule has 0 saturated carbocycles. The monoisotopic (exact) mass is 293 g/mol. The molecule has 2 aromatic rings. The van der Waals surface area contributed by atoms with Crippen LogP contribution in [0.3, 0.4) is 0 Å². The van der Waals surface area contributed by atoms with Crippen molar-refractivity contribution in [2.24, 2.45) is 20.0 Å². The highest BCUT2D eigenvalue weighted by molar-refractivity contribution is 5.70. The number of imidazole rings is 1. The van der Waals surface area contributed by atoms with Crippen LogP contribution in [-0.2, 0) is 14.1 Å². The Labute approximate surface area is 120 Å². The van der Waals surface area contributed by atoms with Crippen molar-refractivity contribution in [2.75, 3.05) is 19.7 Å². The summed E-state index contributed by atoms with van der Waals surface area (Å²) in [6.45, 7) is 2.53. The molecular weight excluding hydrogens is 274 g/mol. The van der Waals surface area contributed by atoms with E-state index in [1.165, 1.54) is 11.6 Å². The molecule has 0 aromatic carbocycles. The van der Waals surface area contributed by atoms with Crippen LogP contribution in [0.2, 0.25) is 0 Å². The van der Waals surface area contributed by atoms with E-state index in [-0.39, 0.29) is 11.5 Å². The van der Waals surface area contributed by atoms with Gasteiger partial charge in [0.15, 0.2) is 11.2 Å². The minimum Gasteiger partial charge on any atom is -0.464 e. The summed E-state index contributed by atoms with van der Waals surface area (Å²) in [5.74, 6) is 0.443. The Morgan fingerprint density at radius 3 is 2.86 bits per heavy atom. The third-order valence-electron chi connectivity index (χ3n) is 3.93. The van der Waals surface area contributed by atoms with Crippen molar-refractivity contribution in [2.45, 2.75) is 12.8 Å². The number of aryl methyl sites for hydroxylation is 1. The van der Waals surface area contributed by atoms with Crippen LogP contribution in [0.4, 0.5) is 0 Å². The number of piperidine rings is 1. The summed E-state index contributed by atoms with van der Waals surface area (Å²) in [4.78, 5) is 31.0. The van der Waals surface area contributed by atoms with E-state index in [0.717, 1.165) is 30.5 Å². The Morgan fingerprint density at radius 2 is 2.14 bits per heavy atom. The highest BCUT2D eigenvalue weighted by Crippen LogP contribution is 2.14. The van der Waals surface area contributed by atoms with Crippen LogP contribution < -0.4 is 21.3 Å². The van der Waals surface area contributed by atoms with Crippen molar-refractivity contribution < 1.29 is 4.74 Å². The van der Waals surface area contributed by atoms with Crippen LogP contribution in [0.5, 0.6) is 6.01 Å². The van der Waals surface area contributed by atoms with E-state index in [1.807, 2.05) is 0 Å². The quantitative estimate of drug-likeness (QED) is 0.783. The molecule has 8 heteroatoms. The van der Waals surface area contributed by atoms with Gasteiger partial charge in [0.1, 0.15) is 0 Å². The molecule has 114 valence electrons. The Balaban J connectivity index is 1.87. The number of aromatic nitrogens is 4. The molecule has 1 saturated heterocycles. The van der Waals surface area contributed by atoms with Gasteiger partial charge < -0.3 is 15.0 Å². The van der Waals surface area contributed by atoms with Gasteiger partial charge in [-0.05, 0) is 19.4 Å². The van der Waals surface area contributed by atoms with Gasteiger partial charge in [0.05, 0.1) is 6.61 Å². The molecule has 1 aliphatic rings. The zero-order valence-corrected chi connectivity index (χ0v) is 12.2. The molecule has 1 aliphatic heterocycles. The second-order valence-electron chi connectivity index (χ2n) is 5.47. The van der Waals surface area contributed by atoms with Crippen LogP contribution in [0, 0.1) is 5.92 Å². The van der Waals surface area contributed by atoms with Crippen molar-refractivity contribution in [3.8, 4) is 6.01 Å². The van der Waals surface area contributed by atoms with Gasteiger partial charge in [-0.1, -0.05) is 0 Å². The maximum Gasteiger partial charge on any atom is 0.332 e. The summed E-state index contributed by atoms with van der Waals surface area (Å²) in [5, 5.41) is 3.32. The first-order valence-electron chi connectivity index (χ1n) is 7.07. The van der Waals surface area contributed by atoms with Crippen molar-refractivity contribution >= 4 is 11.2 Å². The fourth-order valence-electron chi connectivity index (χ4n) is 2.64. The smallest absolute Gasteiger partial charge is 0.332 e. The molecule has 1 fully saturated rings. The predicted molar refractivity (Wildman–Crippen MR) is 77.7 cm³/mol. The van der Waals surface area contributed by atoms with Crippen LogP contribution in [0.15, 0.2) is 9.59 Å². The summed E-state index contributed by atoms with van der Waals surface area (Å²) in [5.41, 5.74) is -0.187. The zero-order chi connectivity index (χ0) is 15.0. The zero-order valence-electron chi connectivity index (χ0n) is 12.2. The summed E-state index contributed by atoms with van der Waals surface area (Å²) < 4.78 is 8.04. The molecule has 3 heterocycles. The number of H-pyrrole nitrogens is 1.